The molecule has 2 rings (SSSR count). The first-order valence-electron chi connectivity index (χ1n) is 7.21. The number of fused-ring (bicyclic) bond motifs is 1. The van der Waals surface area contributed by atoms with Crippen LogP contribution in [0.25, 0.3) is 10.8 Å². The Bertz CT molecular complexity index is 786. The summed E-state index contributed by atoms with van der Waals surface area (Å²) in [4.78, 5) is 23.0. The predicted molar refractivity (Wildman–Crippen MR) is 88.7 cm³/mol. The molecule has 0 spiro atoms. The van der Waals surface area contributed by atoms with Gasteiger partial charge in [-0.2, -0.15) is 5.26 Å². The van der Waals surface area contributed by atoms with Gasteiger partial charge in [-0.1, -0.05) is 35.9 Å². The normalized spacial score (nSPS) is 10.0. The van der Waals surface area contributed by atoms with Crippen LogP contribution in [0.5, 0.6) is 5.75 Å². The highest BCUT2D eigenvalue weighted by atomic mass is 35.5. The lowest BCUT2D eigenvalue weighted by molar-refractivity contribution is -0.150. The zero-order valence-corrected chi connectivity index (χ0v) is 13.5. The number of amides is 1. The van der Waals surface area contributed by atoms with Gasteiger partial charge in [0.25, 0.3) is 5.91 Å². The Balaban J connectivity index is 1.85. The van der Waals surface area contributed by atoms with Crippen LogP contribution in [0.15, 0.2) is 36.4 Å². The van der Waals surface area contributed by atoms with Gasteiger partial charge in [0.15, 0.2) is 13.2 Å². The summed E-state index contributed by atoms with van der Waals surface area (Å²) in [6.45, 7) is -0.508. The van der Waals surface area contributed by atoms with Gasteiger partial charge in [-0.05, 0) is 12.1 Å². The monoisotopic (exact) mass is 346 g/mol. The van der Waals surface area contributed by atoms with E-state index in [2.05, 4.69) is 5.32 Å². The minimum atomic E-state index is -0.663. The van der Waals surface area contributed by atoms with Gasteiger partial charge in [0.2, 0.25) is 0 Å². The lowest BCUT2D eigenvalue weighted by Gasteiger charge is -2.10. The third-order valence-electron chi connectivity index (χ3n) is 3.10. The molecular weight excluding hydrogens is 332 g/mol. The summed E-state index contributed by atoms with van der Waals surface area (Å²) < 4.78 is 10.3. The highest BCUT2D eigenvalue weighted by Gasteiger charge is 2.10. The van der Waals surface area contributed by atoms with E-state index in [-0.39, 0.29) is 19.6 Å². The molecule has 0 heterocycles. The van der Waals surface area contributed by atoms with Crippen LogP contribution in [0.1, 0.15) is 6.42 Å². The van der Waals surface area contributed by atoms with Crippen molar-refractivity contribution in [1.82, 2.24) is 5.32 Å². The number of benzene rings is 2. The molecular formula is C17H15ClN2O4. The molecule has 0 aliphatic carbocycles. The third kappa shape index (κ3) is 4.86. The Kier molecular flexibility index (Phi) is 6.41. The number of halogens is 1. The van der Waals surface area contributed by atoms with Gasteiger partial charge < -0.3 is 14.8 Å². The molecule has 0 atom stereocenters. The number of esters is 1. The summed E-state index contributed by atoms with van der Waals surface area (Å²) in [5.41, 5.74) is 0. The van der Waals surface area contributed by atoms with Crippen molar-refractivity contribution in [3.63, 3.8) is 0 Å². The van der Waals surface area contributed by atoms with Crippen LogP contribution in [0.4, 0.5) is 0 Å². The van der Waals surface area contributed by atoms with Gasteiger partial charge in [0, 0.05) is 22.3 Å². The van der Waals surface area contributed by atoms with E-state index in [4.69, 9.17) is 26.3 Å². The third-order valence-corrected chi connectivity index (χ3v) is 3.43. The molecule has 0 unspecified atom stereocenters. The second-order valence-electron chi connectivity index (χ2n) is 4.80. The molecule has 0 aliphatic rings. The van der Waals surface area contributed by atoms with E-state index in [9.17, 15) is 9.59 Å². The van der Waals surface area contributed by atoms with E-state index in [1.165, 1.54) is 0 Å². The maximum atomic E-state index is 11.6. The van der Waals surface area contributed by atoms with Crippen LogP contribution in [0.2, 0.25) is 5.02 Å². The topological polar surface area (TPSA) is 88.4 Å². The number of hydrogen-bond donors (Lipinski definition) is 1. The summed E-state index contributed by atoms with van der Waals surface area (Å²) in [5, 5.41) is 13.0. The Morgan fingerprint density at radius 1 is 1.12 bits per heavy atom. The number of ether oxygens (including phenoxy) is 2. The van der Waals surface area contributed by atoms with Crippen molar-refractivity contribution in [1.29, 1.82) is 5.26 Å². The lowest BCUT2D eigenvalue weighted by Crippen LogP contribution is -2.30. The zero-order chi connectivity index (χ0) is 17.4. The van der Waals surface area contributed by atoms with Gasteiger partial charge in [0.1, 0.15) is 5.75 Å². The van der Waals surface area contributed by atoms with E-state index < -0.39 is 18.5 Å². The second-order valence-corrected chi connectivity index (χ2v) is 5.21. The van der Waals surface area contributed by atoms with E-state index >= 15 is 0 Å². The number of rotatable bonds is 7. The first kappa shape index (κ1) is 17.6. The molecule has 0 aromatic heterocycles. The Morgan fingerprint density at radius 2 is 1.88 bits per heavy atom. The van der Waals surface area contributed by atoms with Crippen LogP contribution in [0, 0.1) is 11.3 Å². The first-order chi connectivity index (χ1) is 11.6. The Hall–Kier alpha value is -2.78. The van der Waals surface area contributed by atoms with E-state index in [0.717, 1.165) is 10.8 Å². The van der Waals surface area contributed by atoms with Crippen molar-refractivity contribution in [2.45, 2.75) is 6.42 Å². The number of hydrogen-bond acceptors (Lipinski definition) is 5. The van der Waals surface area contributed by atoms with Crippen molar-refractivity contribution in [3.8, 4) is 11.8 Å². The highest BCUT2D eigenvalue weighted by Crippen LogP contribution is 2.31. The van der Waals surface area contributed by atoms with Gasteiger partial charge in [-0.15, -0.1) is 0 Å². The zero-order valence-electron chi connectivity index (χ0n) is 12.8. The molecule has 0 saturated carbocycles. The smallest absolute Gasteiger partial charge is 0.344 e. The largest absolute Gasteiger partial charge is 0.481 e. The minimum absolute atomic E-state index is 0.201. The van der Waals surface area contributed by atoms with Crippen LogP contribution in [-0.4, -0.2) is 31.6 Å². The molecule has 124 valence electrons. The molecule has 0 saturated heterocycles. The maximum Gasteiger partial charge on any atom is 0.344 e. The van der Waals surface area contributed by atoms with Gasteiger partial charge in [0.05, 0.1) is 12.5 Å². The van der Waals surface area contributed by atoms with Gasteiger partial charge >= 0.3 is 5.97 Å². The molecule has 1 N–H and O–H groups in total. The van der Waals surface area contributed by atoms with E-state index in [0.29, 0.717) is 10.8 Å². The molecule has 7 heteroatoms. The van der Waals surface area contributed by atoms with E-state index in [1.807, 2.05) is 30.3 Å². The average molecular weight is 347 g/mol. The fourth-order valence-corrected chi connectivity index (χ4v) is 2.22. The molecule has 2 aromatic rings. The van der Waals surface area contributed by atoms with Crippen LogP contribution >= 0.6 is 11.6 Å². The van der Waals surface area contributed by atoms with Crippen molar-refractivity contribution in [3.05, 3.63) is 41.4 Å². The van der Waals surface area contributed by atoms with Crippen molar-refractivity contribution < 1.29 is 19.1 Å². The number of nitriles is 1. The van der Waals surface area contributed by atoms with Crippen LogP contribution in [0.3, 0.4) is 0 Å². The van der Waals surface area contributed by atoms with Gasteiger partial charge in [-0.3, -0.25) is 4.79 Å². The molecule has 0 bridgehead atoms. The summed E-state index contributed by atoms with van der Waals surface area (Å²) in [7, 11) is 0. The maximum absolute atomic E-state index is 11.6. The van der Waals surface area contributed by atoms with Crippen molar-refractivity contribution in [2.75, 3.05) is 19.8 Å². The highest BCUT2D eigenvalue weighted by molar-refractivity contribution is 6.35. The number of nitrogens with one attached hydrogen (secondary N) is 1. The fourth-order valence-electron chi connectivity index (χ4n) is 1.99. The molecule has 0 fully saturated rings. The average Bonchev–Trinajstić information content (AvgIpc) is 2.60. The van der Waals surface area contributed by atoms with Crippen molar-refractivity contribution in [2.24, 2.45) is 0 Å². The number of carbonyl (C=O) groups is 2. The van der Waals surface area contributed by atoms with Crippen LogP contribution < -0.4 is 10.1 Å². The molecule has 0 radical (unpaired) electrons. The summed E-state index contributed by atoms with van der Waals surface area (Å²) in [6.07, 6.45) is 0.201. The fraction of sp³-hybridized carbons (Fsp3) is 0.235. The molecule has 2 aromatic carbocycles. The Morgan fingerprint density at radius 3 is 2.62 bits per heavy atom. The van der Waals surface area contributed by atoms with Gasteiger partial charge in [-0.25, -0.2) is 4.79 Å². The SMILES string of the molecule is N#CCCNC(=O)COC(=O)COc1ccc(Cl)c2ccccc12. The Labute approximate surface area is 143 Å². The number of nitrogens with zero attached hydrogens (tertiary/aromatic N) is 1. The first-order valence-corrected chi connectivity index (χ1v) is 7.59. The molecule has 1 amide bonds. The second kappa shape index (κ2) is 8.75. The standard InChI is InChI=1S/C17H15ClN2O4/c18-14-6-7-15(13-5-2-1-4-12(13)14)23-11-17(22)24-10-16(21)20-9-3-8-19/h1-2,4-7H,3,9-11H2,(H,20,21). The summed E-state index contributed by atoms with van der Waals surface area (Å²) >= 11 is 6.12. The van der Waals surface area contributed by atoms with Crippen molar-refractivity contribution >= 4 is 34.2 Å². The molecule has 24 heavy (non-hydrogen) atoms. The minimum Gasteiger partial charge on any atom is -0.481 e. The van der Waals surface area contributed by atoms with Crippen LogP contribution in [-0.2, 0) is 14.3 Å². The quantitative estimate of drug-likeness (QED) is 0.614. The molecule has 6 nitrogen and oxygen atoms in total. The predicted octanol–water partition coefficient (Wildman–Crippen LogP) is 2.45. The summed E-state index contributed by atoms with van der Waals surface area (Å²) in [5.74, 6) is -0.620. The summed E-state index contributed by atoms with van der Waals surface area (Å²) in [6, 6.07) is 12.6. The number of carbonyl (C=O) groups excluding carboxylic acids is 2. The molecule has 0 aliphatic heterocycles. The lowest BCUT2D eigenvalue weighted by atomic mass is 10.1. The van der Waals surface area contributed by atoms with E-state index in [1.54, 1.807) is 12.1 Å².